The molecule has 0 bridgehead atoms. The zero-order chi connectivity index (χ0) is 10.7. The summed E-state index contributed by atoms with van der Waals surface area (Å²) in [5.41, 5.74) is 0.474. The van der Waals surface area contributed by atoms with Gasteiger partial charge in [-0.2, -0.15) is 0 Å². The van der Waals surface area contributed by atoms with Gasteiger partial charge in [-0.15, -0.1) is 0 Å². The summed E-state index contributed by atoms with van der Waals surface area (Å²) in [6.45, 7) is 2.57. The average molecular weight is 209 g/mol. The van der Waals surface area contributed by atoms with Gasteiger partial charge in [0.1, 0.15) is 0 Å². The lowest BCUT2D eigenvalue weighted by Gasteiger charge is -2.47. The second-order valence-electron chi connectivity index (χ2n) is 5.46. The Kier molecular flexibility index (Phi) is 3.32. The minimum atomic E-state index is 0.138. The van der Waals surface area contributed by atoms with Gasteiger partial charge in [0, 0.05) is 13.5 Å². The van der Waals surface area contributed by atoms with Crippen LogP contribution in [0.15, 0.2) is 0 Å². The van der Waals surface area contributed by atoms with Gasteiger partial charge >= 0.3 is 0 Å². The largest absolute Gasteiger partial charge is 0.356 e. The molecule has 2 heteroatoms. The van der Waals surface area contributed by atoms with Crippen molar-refractivity contribution in [3.8, 4) is 0 Å². The Balaban J connectivity index is 2.01. The highest BCUT2D eigenvalue weighted by atomic mass is 16.1. The van der Waals surface area contributed by atoms with Gasteiger partial charge in [0.05, 0.1) is 0 Å². The number of hydrogen-bond acceptors (Lipinski definition) is 1. The standard InChI is InChI=1S/C13H23NO/c1-11(15)14-10-13-8-4-2-6-12(13)7-3-5-9-13/h12H,2-10H2,1H3,(H,14,15). The predicted octanol–water partition coefficient (Wildman–Crippen LogP) is 2.87. The van der Waals surface area contributed by atoms with Crippen molar-refractivity contribution in [2.45, 2.75) is 58.3 Å². The zero-order valence-electron chi connectivity index (χ0n) is 9.85. The topological polar surface area (TPSA) is 29.1 Å². The van der Waals surface area contributed by atoms with Crippen LogP contribution in [0.1, 0.15) is 58.3 Å². The molecule has 2 fully saturated rings. The van der Waals surface area contributed by atoms with E-state index in [1.807, 2.05) is 0 Å². The fourth-order valence-corrected chi connectivity index (χ4v) is 3.65. The Bertz CT molecular complexity index is 225. The fraction of sp³-hybridized carbons (Fsp3) is 0.923. The number of fused-ring (bicyclic) bond motifs is 1. The molecule has 1 amide bonds. The molecule has 0 atom stereocenters. The summed E-state index contributed by atoms with van der Waals surface area (Å²) in [5, 5.41) is 3.07. The van der Waals surface area contributed by atoms with E-state index in [1.165, 1.54) is 51.4 Å². The lowest BCUT2D eigenvalue weighted by molar-refractivity contribution is -0.120. The summed E-state index contributed by atoms with van der Waals surface area (Å²) >= 11 is 0. The van der Waals surface area contributed by atoms with Crippen LogP contribution in [-0.2, 0) is 4.79 Å². The lowest BCUT2D eigenvalue weighted by Crippen LogP contribution is -2.45. The quantitative estimate of drug-likeness (QED) is 0.744. The van der Waals surface area contributed by atoms with E-state index in [9.17, 15) is 4.79 Å². The maximum Gasteiger partial charge on any atom is 0.216 e. The van der Waals surface area contributed by atoms with E-state index in [0.717, 1.165) is 12.5 Å². The van der Waals surface area contributed by atoms with Crippen molar-refractivity contribution in [2.75, 3.05) is 6.54 Å². The Morgan fingerprint density at radius 3 is 2.33 bits per heavy atom. The third kappa shape index (κ3) is 2.35. The first-order valence-electron chi connectivity index (χ1n) is 6.47. The molecule has 0 saturated heterocycles. The minimum absolute atomic E-state index is 0.138. The minimum Gasteiger partial charge on any atom is -0.356 e. The van der Waals surface area contributed by atoms with Crippen molar-refractivity contribution in [2.24, 2.45) is 11.3 Å². The van der Waals surface area contributed by atoms with E-state index in [4.69, 9.17) is 0 Å². The molecule has 86 valence electrons. The molecule has 1 N–H and O–H groups in total. The van der Waals surface area contributed by atoms with E-state index in [1.54, 1.807) is 6.92 Å². The van der Waals surface area contributed by atoms with Crippen LogP contribution in [0.4, 0.5) is 0 Å². The second kappa shape index (κ2) is 4.54. The van der Waals surface area contributed by atoms with Gasteiger partial charge < -0.3 is 5.32 Å². The summed E-state index contributed by atoms with van der Waals surface area (Å²) in [6, 6.07) is 0. The SMILES string of the molecule is CC(=O)NCC12CCCCC1CCCC2. The summed E-state index contributed by atoms with van der Waals surface area (Å²) < 4.78 is 0. The molecule has 0 heterocycles. The molecule has 2 rings (SSSR count). The van der Waals surface area contributed by atoms with Crippen LogP contribution in [-0.4, -0.2) is 12.5 Å². The zero-order valence-corrected chi connectivity index (χ0v) is 9.85. The Labute approximate surface area is 92.8 Å². The third-order valence-corrected chi connectivity index (χ3v) is 4.51. The van der Waals surface area contributed by atoms with Gasteiger partial charge in [-0.3, -0.25) is 4.79 Å². The van der Waals surface area contributed by atoms with Gasteiger partial charge in [-0.25, -0.2) is 0 Å². The van der Waals surface area contributed by atoms with E-state index in [0.29, 0.717) is 5.41 Å². The summed E-state index contributed by atoms with van der Waals surface area (Å²) in [5.74, 6) is 1.03. The van der Waals surface area contributed by atoms with Crippen molar-refractivity contribution in [3.05, 3.63) is 0 Å². The molecule has 2 aliphatic rings. The van der Waals surface area contributed by atoms with Crippen molar-refractivity contribution < 1.29 is 4.79 Å². The van der Waals surface area contributed by atoms with E-state index in [2.05, 4.69) is 5.32 Å². The first-order valence-corrected chi connectivity index (χ1v) is 6.47. The number of rotatable bonds is 2. The first kappa shape index (κ1) is 11.0. The summed E-state index contributed by atoms with van der Waals surface area (Å²) in [6.07, 6.45) is 11.1. The highest BCUT2D eigenvalue weighted by Crippen LogP contribution is 2.49. The number of carbonyl (C=O) groups is 1. The monoisotopic (exact) mass is 209 g/mol. The van der Waals surface area contributed by atoms with Gasteiger partial charge in [0.25, 0.3) is 0 Å². The highest BCUT2D eigenvalue weighted by Gasteiger charge is 2.41. The third-order valence-electron chi connectivity index (χ3n) is 4.51. The second-order valence-corrected chi connectivity index (χ2v) is 5.46. The normalized spacial score (nSPS) is 35.7. The van der Waals surface area contributed by atoms with Crippen molar-refractivity contribution in [1.82, 2.24) is 5.32 Å². The smallest absolute Gasteiger partial charge is 0.216 e. The van der Waals surface area contributed by atoms with Gasteiger partial charge in [0.2, 0.25) is 5.91 Å². The number of nitrogens with one attached hydrogen (secondary N) is 1. The van der Waals surface area contributed by atoms with Crippen LogP contribution in [0.3, 0.4) is 0 Å². The molecule has 0 unspecified atom stereocenters. The van der Waals surface area contributed by atoms with Crippen molar-refractivity contribution in [1.29, 1.82) is 0 Å². The van der Waals surface area contributed by atoms with E-state index < -0.39 is 0 Å². The number of carbonyl (C=O) groups excluding carboxylic acids is 1. The molecular formula is C13H23NO. The van der Waals surface area contributed by atoms with Crippen LogP contribution in [0, 0.1) is 11.3 Å². The van der Waals surface area contributed by atoms with Gasteiger partial charge in [0.15, 0.2) is 0 Å². The van der Waals surface area contributed by atoms with Gasteiger partial charge in [-0.05, 0) is 37.0 Å². The Morgan fingerprint density at radius 1 is 1.20 bits per heavy atom. The molecule has 2 aliphatic carbocycles. The maximum absolute atomic E-state index is 11.0. The number of hydrogen-bond donors (Lipinski definition) is 1. The molecule has 2 nitrogen and oxygen atoms in total. The van der Waals surface area contributed by atoms with E-state index >= 15 is 0 Å². The highest BCUT2D eigenvalue weighted by molar-refractivity contribution is 5.72. The lowest BCUT2D eigenvalue weighted by atomic mass is 9.59. The first-order chi connectivity index (χ1) is 7.23. The Hall–Kier alpha value is -0.530. The average Bonchev–Trinajstić information content (AvgIpc) is 2.26. The van der Waals surface area contributed by atoms with Crippen molar-refractivity contribution in [3.63, 3.8) is 0 Å². The molecule has 0 spiro atoms. The van der Waals surface area contributed by atoms with Crippen LogP contribution in [0.25, 0.3) is 0 Å². The molecule has 0 radical (unpaired) electrons. The van der Waals surface area contributed by atoms with Crippen LogP contribution < -0.4 is 5.32 Å². The predicted molar refractivity (Wildman–Crippen MR) is 61.5 cm³/mol. The maximum atomic E-state index is 11.0. The van der Waals surface area contributed by atoms with Crippen LogP contribution in [0.2, 0.25) is 0 Å². The molecule has 0 aromatic carbocycles. The molecule has 0 aromatic heterocycles. The fourth-order valence-electron chi connectivity index (χ4n) is 3.65. The van der Waals surface area contributed by atoms with Crippen LogP contribution in [0.5, 0.6) is 0 Å². The molecule has 0 aromatic rings. The molecule has 0 aliphatic heterocycles. The van der Waals surface area contributed by atoms with Gasteiger partial charge in [-0.1, -0.05) is 25.7 Å². The molecular weight excluding hydrogens is 186 g/mol. The Morgan fingerprint density at radius 2 is 1.80 bits per heavy atom. The van der Waals surface area contributed by atoms with Crippen molar-refractivity contribution >= 4 is 5.91 Å². The summed E-state index contributed by atoms with van der Waals surface area (Å²) in [4.78, 5) is 11.0. The van der Waals surface area contributed by atoms with Crippen LogP contribution >= 0.6 is 0 Å². The molecule has 15 heavy (non-hydrogen) atoms. The number of amides is 1. The molecule has 2 saturated carbocycles. The van der Waals surface area contributed by atoms with E-state index in [-0.39, 0.29) is 5.91 Å². The summed E-state index contributed by atoms with van der Waals surface area (Å²) in [7, 11) is 0.